The Hall–Kier alpha value is -6.64. The van der Waals surface area contributed by atoms with Gasteiger partial charge in [-0.15, -0.1) is 10.2 Å². The summed E-state index contributed by atoms with van der Waals surface area (Å²) in [6, 6.07) is 11.0. The van der Waals surface area contributed by atoms with Crippen molar-refractivity contribution in [3.05, 3.63) is 107 Å². The van der Waals surface area contributed by atoms with Crippen LogP contribution in [0.25, 0.3) is 0 Å². The summed E-state index contributed by atoms with van der Waals surface area (Å²) in [5.41, 5.74) is 4.20. The number of aromatic nitrogens is 6. The molecule has 0 saturated heterocycles. The summed E-state index contributed by atoms with van der Waals surface area (Å²) < 4.78 is 3.25. The molecule has 406 valence electrons. The molecule has 0 saturated carbocycles. The third kappa shape index (κ3) is 16.2. The molecular formula is C55H80N14O6. The van der Waals surface area contributed by atoms with Gasteiger partial charge in [-0.25, -0.2) is 9.36 Å². The van der Waals surface area contributed by atoms with Crippen LogP contribution in [-0.2, 0) is 67.5 Å². The van der Waals surface area contributed by atoms with Crippen molar-refractivity contribution in [2.75, 3.05) is 20.6 Å². The van der Waals surface area contributed by atoms with Crippen LogP contribution < -0.4 is 42.5 Å². The van der Waals surface area contributed by atoms with E-state index < -0.39 is 58.9 Å². The van der Waals surface area contributed by atoms with Crippen molar-refractivity contribution in [2.45, 2.75) is 168 Å². The quantitative estimate of drug-likeness (QED) is 0.0471. The highest BCUT2D eigenvalue weighted by Gasteiger charge is 2.38. The number of carbonyl (C=O) groups is 6. The molecule has 0 fully saturated rings. The molecule has 20 heteroatoms. The Morgan fingerprint density at radius 3 is 1.48 bits per heavy atom. The molecule has 0 spiro atoms. The Morgan fingerprint density at radius 1 is 0.600 bits per heavy atom. The van der Waals surface area contributed by atoms with E-state index >= 15 is 0 Å². The number of allylic oxidation sites excluding steroid dienone is 2. The average molecular weight is 1030 g/mol. The zero-order chi connectivity index (χ0) is 54.5. The molecule has 8 atom stereocenters. The predicted octanol–water partition coefficient (Wildman–Crippen LogP) is 2.89. The Labute approximate surface area is 441 Å². The second-order valence-corrected chi connectivity index (χ2v) is 22.1. The number of carbonyl (C=O) groups excluding carboxylic acids is 6. The van der Waals surface area contributed by atoms with Crippen molar-refractivity contribution < 1.29 is 28.8 Å². The number of Topliss-reactive ketones (excluding diaryl/α,β-unsaturated/α-hetero) is 1. The van der Waals surface area contributed by atoms with Crippen LogP contribution in [0.15, 0.2) is 73.1 Å². The number of ketones is 1. The van der Waals surface area contributed by atoms with E-state index in [0.29, 0.717) is 24.5 Å². The molecule has 8 N–H and O–H groups in total. The van der Waals surface area contributed by atoms with Gasteiger partial charge in [0.15, 0.2) is 5.78 Å². The summed E-state index contributed by atoms with van der Waals surface area (Å²) in [6.45, 7) is 15.4. The molecule has 1 unspecified atom stereocenters. The van der Waals surface area contributed by atoms with Crippen molar-refractivity contribution in [3.63, 3.8) is 0 Å². The van der Waals surface area contributed by atoms with Gasteiger partial charge in [0.1, 0.15) is 18.1 Å². The number of fused-ring (bicyclic) bond motifs is 2. The van der Waals surface area contributed by atoms with Crippen molar-refractivity contribution >= 4 is 35.3 Å². The number of hydrogen-bond donors (Lipinski definition) is 8. The summed E-state index contributed by atoms with van der Waals surface area (Å²) in [7, 11) is 3.37. The summed E-state index contributed by atoms with van der Waals surface area (Å²) in [5.74, 6) is -2.05. The molecular weight excluding hydrogens is 953 g/mol. The lowest BCUT2D eigenvalue weighted by Gasteiger charge is -2.33. The number of nitrogens with one attached hydrogen (secondary N) is 8. The van der Waals surface area contributed by atoms with Crippen LogP contribution >= 0.6 is 0 Å². The van der Waals surface area contributed by atoms with E-state index in [1.165, 1.54) is 11.1 Å². The molecule has 2 aliphatic rings. The fourth-order valence-electron chi connectivity index (χ4n) is 9.49. The highest BCUT2D eigenvalue weighted by Crippen LogP contribution is 2.31. The van der Waals surface area contributed by atoms with Crippen LogP contribution in [0.5, 0.6) is 0 Å². The number of hydrogen-bond acceptors (Lipinski definition) is 13. The molecule has 2 aliphatic carbocycles. The third-order valence-corrected chi connectivity index (χ3v) is 14.2. The molecule has 75 heavy (non-hydrogen) atoms. The first-order valence-corrected chi connectivity index (χ1v) is 26.4. The molecule has 2 aromatic carbocycles. The van der Waals surface area contributed by atoms with Crippen molar-refractivity contribution in [3.8, 4) is 0 Å². The van der Waals surface area contributed by atoms with Gasteiger partial charge in [-0.05, 0) is 99.6 Å². The van der Waals surface area contributed by atoms with Crippen LogP contribution in [0, 0.1) is 10.8 Å². The van der Waals surface area contributed by atoms with Gasteiger partial charge in [0.25, 0.3) is 0 Å². The first-order valence-electron chi connectivity index (χ1n) is 26.4. The Kier molecular flexibility index (Phi) is 20.2. The van der Waals surface area contributed by atoms with Crippen LogP contribution in [0.3, 0.4) is 0 Å². The Balaban J connectivity index is 1.12. The molecule has 2 aromatic heterocycles. The molecule has 6 rings (SSSR count). The zero-order valence-electron chi connectivity index (χ0n) is 45.5. The van der Waals surface area contributed by atoms with E-state index in [1.54, 1.807) is 49.7 Å². The van der Waals surface area contributed by atoms with E-state index in [2.05, 4.69) is 75.3 Å². The van der Waals surface area contributed by atoms with Crippen molar-refractivity contribution in [1.82, 2.24) is 72.5 Å². The van der Waals surface area contributed by atoms with E-state index in [0.717, 1.165) is 49.7 Å². The number of amides is 5. The third-order valence-electron chi connectivity index (χ3n) is 14.2. The smallest absolute Gasteiger partial charge is 0.243 e. The van der Waals surface area contributed by atoms with E-state index in [-0.39, 0.29) is 55.0 Å². The normalized spacial score (nSPS) is 18.1. The van der Waals surface area contributed by atoms with Gasteiger partial charge in [-0.2, -0.15) is 0 Å². The monoisotopic (exact) mass is 1030 g/mol. The van der Waals surface area contributed by atoms with E-state index in [9.17, 15) is 28.8 Å². The lowest BCUT2D eigenvalue weighted by Crippen LogP contribution is -2.60. The minimum absolute atomic E-state index is 0.0270. The lowest BCUT2D eigenvalue weighted by molar-refractivity contribution is -0.135. The molecule has 4 aromatic rings. The topological polar surface area (TPSA) is 260 Å². The Morgan fingerprint density at radius 2 is 1.04 bits per heavy atom. The second-order valence-electron chi connectivity index (χ2n) is 22.1. The molecule has 20 nitrogen and oxygen atoms in total. The van der Waals surface area contributed by atoms with Gasteiger partial charge in [0.2, 0.25) is 29.5 Å². The van der Waals surface area contributed by atoms with Gasteiger partial charge in [0, 0.05) is 25.2 Å². The summed E-state index contributed by atoms with van der Waals surface area (Å²) in [4.78, 5) is 82.3. The van der Waals surface area contributed by atoms with Gasteiger partial charge >= 0.3 is 0 Å². The number of benzene rings is 2. The fraction of sp³-hybridized carbons (Fsp3) is 0.564. The lowest BCUT2D eigenvalue weighted by atomic mass is 9.85. The highest BCUT2D eigenvalue weighted by molar-refractivity contribution is 5.94. The molecule has 0 bridgehead atoms. The van der Waals surface area contributed by atoms with Gasteiger partial charge < -0.3 is 37.2 Å². The number of likely N-dealkylation sites (N-methyl/N-ethyl adjacent to an activating group) is 2. The largest absolute Gasteiger partial charge is 0.347 e. The molecule has 2 heterocycles. The first kappa shape index (κ1) is 57.6. The average Bonchev–Trinajstić information content (AvgIpc) is 4.04. The SMILES string of the molecule is CN[C@H](C)C(=O)CN[C@@H](C(=O)N[C@@H](Cc1cn(C/C=C/Cn2cc(CC(NC(=O)[C@H](NC(=O)[C@@H](C)NC)C(C)(C)C)C(=O)N[C@@H]3CCCc4ccccc43)nn2)nn1)C(=O)N[C@H]1CCCc2ccccc21)C(C)(C)C. The maximum absolute atomic E-state index is 14.2. The molecule has 0 radical (unpaired) electrons. The van der Waals surface area contributed by atoms with Gasteiger partial charge in [-0.3, -0.25) is 34.1 Å². The minimum Gasteiger partial charge on any atom is -0.347 e. The van der Waals surface area contributed by atoms with Crippen LogP contribution in [0.1, 0.15) is 127 Å². The van der Waals surface area contributed by atoms with E-state index in [4.69, 9.17) is 0 Å². The van der Waals surface area contributed by atoms with E-state index in [1.807, 2.05) is 90.1 Å². The molecule has 0 aliphatic heterocycles. The summed E-state index contributed by atoms with van der Waals surface area (Å²) >= 11 is 0. The minimum atomic E-state index is -1.03. The number of aryl methyl sites for hydroxylation is 2. The predicted molar refractivity (Wildman–Crippen MR) is 286 cm³/mol. The Bertz CT molecular complexity index is 2630. The van der Waals surface area contributed by atoms with Crippen LogP contribution in [0.4, 0.5) is 0 Å². The molecule has 5 amide bonds. The zero-order valence-corrected chi connectivity index (χ0v) is 45.5. The summed E-state index contributed by atoms with van der Waals surface area (Å²) in [5, 5.41) is 41.6. The first-order chi connectivity index (χ1) is 35.6. The van der Waals surface area contributed by atoms with Crippen molar-refractivity contribution in [2.24, 2.45) is 10.8 Å². The number of nitrogens with zero attached hydrogens (tertiary/aromatic N) is 6. The van der Waals surface area contributed by atoms with Crippen LogP contribution in [-0.4, -0.2) is 122 Å². The number of rotatable bonds is 24. The summed E-state index contributed by atoms with van der Waals surface area (Å²) in [6.07, 6.45) is 12.6. The van der Waals surface area contributed by atoms with Gasteiger partial charge in [-0.1, -0.05) is 113 Å². The van der Waals surface area contributed by atoms with Crippen molar-refractivity contribution in [1.29, 1.82) is 0 Å². The standard InChI is InChI=1S/C55H80N14O6/c1-34(56-9)46(70)31-58-47(54(3,4)5)52(74)61-44(50(72)59-42-25-17-21-36-19-11-13-23-40(36)42)29-38-32-68(66-64-38)27-15-16-28-69-33-39(65-67-69)30-45(51(73)60-43-26-18-22-37-20-12-14-24-41(37)43)62-53(75)48(55(6,7)8)63-49(71)35(2)57-10/h11-16,19-20,23-24,32-35,42-45,47-48,56-58H,17-18,21-22,25-31H2,1-10H3,(H,59,72)(H,60,73)(H,61,74)(H,62,75)(H,63,71)/b16-15+/t34-,35-,42+,43-,44+,45?,47+,48+/m1/s1. The van der Waals surface area contributed by atoms with Crippen LogP contribution in [0.2, 0.25) is 0 Å². The fourth-order valence-corrected chi connectivity index (χ4v) is 9.49. The van der Waals surface area contributed by atoms with Gasteiger partial charge in [0.05, 0.1) is 61.2 Å². The maximum Gasteiger partial charge on any atom is 0.243 e. The maximum atomic E-state index is 14.2. The highest BCUT2D eigenvalue weighted by atomic mass is 16.2. The second kappa shape index (κ2) is 26.2.